The van der Waals surface area contributed by atoms with Crippen LogP contribution in [0.4, 0.5) is 0 Å². The molecule has 0 bridgehead atoms. The Balaban J connectivity index is 1.54. The van der Waals surface area contributed by atoms with Gasteiger partial charge in [0, 0.05) is 37.8 Å². The summed E-state index contributed by atoms with van der Waals surface area (Å²) in [6.07, 6.45) is 6.42. The van der Waals surface area contributed by atoms with E-state index in [1.54, 1.807) is 0 Å². The average molecular weight is 272 g/mol. The van der Waals surface area contributed by atoms with Crippen molar-refractivity contribution in [2.45, 2.75) is 30.9 Å². The highest BCUT2D eigenvalue weighted by Crippen LogP contribution is 2.37. The Morgan fingerprint density at radius 2 is 2.18 bits per heavy atom. The SMILES string of the molecule is O=C(CCCCC1C=CSS1)N1CCNCC1. The van der Waals surface area contributed by atoms with Gasteiger partial charge in [-0.3, -0.25) is 4.79 Å². The smallest absolute Gasteiger partial charge is 0.222 e. The number of nitrogens with zero attached hydrogens (tertiary/aromatic N) is 1. The van der Waals surface area contributed by atoms with Crippen molar-refractivity contribution in [3.05, 3.63) is 11.5 Å². The van der Waals surface area contributed by atoms with Gasteiger partial charge in [0.05, 0.1) is 0 Å². The van der Waals surface area contributed by atoms with Gasteiger partial charge in [0.15, 0.2) is 0 Å². The van der Waals surface area contributed by atoms with Crippen LogP contribution in [-0.2, 0) is 4.79 Å². The summed E-state index contributed by atoms with van der Waals surface area (Å²) < 4.78 is 0. The summed E-state index contributed by atoms with van der Waals surface area (Å²) in [7, 11) is 3.75. The molecule has 1 amide bonds. The summed E-state index contributed by atoms with van der Waals surface area (Å²) >= 11 is 0. The van der Waals surface area contributed by atoms with Gasteiger partial charge in [0.25, 0.3) is 0 Å². The molecule has 1 saturated heterocycles. The van der Waals surface area contributed by atoms with Crippen molar-refractivity contribution in [1.29, 1.82) is 0 Å². The second kappa shape index (κ2) is 7.34. The zero-order chi connectivity index (χ0) is 11.9. The predicted octanol–water partition coefficient (Wildman–Crippen LogP) is 2.26. The molecule has 0 radical (unpaired) electrons. The number of hydrogen-bond acceptors (Lipinski definition) is 4. The maximum Gasteiger partial charge on any atom is 0.222 e. The molecular weight excluding hydrogens is 252 g/mol. The van der Waals surface area contributed by atoms with Crippen LogP contribution in [0.1, 0.15) is 25.7 Å². The molecule has 17 heavy (non-hydrogen) atoms. The van der Waals surface area contributed by atoms with E-state index in [1.807, 2.05) is 26.5 Å². The van der Waals surface area contributed by atoms with E-state index in [9.17, 15) is 4.79 Å². The lowest BCUT2D eigenvalue weighted by Gasteiger charge is -2.27. The van der Waals surface area contributed by atoms with Gasteiger partial charge in [-0.1, -0.05) is 34.1 Å². The first-order valence-corrected chi connectivity index (χ1v) is 8.61. The van der Waals surface area contributed by atoms with Gasteiger partial charge in [-0.05, 0) is 18.2 Å². The van der Waals surface area contributed by atoms with Crippen LogP contribution in [0.5, 0.6) is 0 Å². The van der Waals surface area contributed by atoms with Gasteiger partial charge in [0.2, 0.25) is 5.91 Å². The molecule has 2 rings (SSSR count). The lowest BCUT2D eigenvalue weighted by atomic mass is 10.1. The topological polar surface area (TPSA) is 32.3 Å². The van der Waals surface area contributed by atoms with E-state index in [4.69, 9.17) is 0 Å². The maximum atomic E-state index is 11.9. The second-order valence-electron chi connectivity index (χ2n) is 4.44. The molecule has 0 aromatic rings. The Morgan fingerprint density at radius 3 is 2.88 bits per heavy atom. The van der Waals surface area contributed by atoms with Gasteiger partial charge in [-0.15, -0.1) is 0 Å². The molecule has 0 saturated carbocycles. The first-order valence-electron chi connectivity index (χ1n) is 6.33. The predicted molar refractivity (Wildman–Crippen MR) is 76.0 cm³/mol. The van der Waals surface area contributed by atoms with Gasteiger partial charge >= 0.3 is 0 Å². The van der Waals surface area contributed by atoms with Crippen LogP contribution < -0.4 is 5.32 Å². The van der Waals surface area contributed by atoms with Gasteiger partial charge < -0.3 is 10.2 Å². The van der Waals surface area contributed by atoms with Gasteiger partial charge in [-0.25, -0.2) is 0 Å². The lowest BCUT2D eigenvalue weighted by molar-refractivity contribution is -0.131. The van der Waals surface area contributed by atoms with Crippen LogP contribution >= 0.6 is 21.6 Å². The summed E-state index contributed by atoms with van der Waals surface area (Å²) in [6.45, 7) is 3.67. The molecule has 2 aliphatic rings. The highest BCUT2D eigenvalue weighted by atomic mass is 33.1. The van der Waals surface area contributed by atoms with Crippen molar-refractivity contribution in [3.63, 3.8) is 0 Å². The molecule has 0 spiro atoms. The van der Waals surface area contributed by atoms with Crippen molar-refractivity contribution in [3.8, 4) is 0 Å². The molecule has 0 aromatic heterocycles. The number of piperazine rings is 1. The fourth-order valence-electron chi connectivity index (χ4n) is 2.09. The van der Waals surface area contributed by atoms with Crippen LogP contribution in [-0.4, -0.2) is 42.2 Å². The Bertz CT molecular complexity index is 278. The molecular formula is C12H20N2OS2. The Morgan fingerprint density at radius 1 is 1.35 bits per heavy atom. The van der Waals surface area contributed by atoms with E-state index in [1.165, 1.54) is 12.8 Å². The summed E-state index contributed by atoms with van der Waals surface area (Å²) in [4.78, 5) is 13.9. The highest BCUT2D eigenvalue weighted by molar-refractivity contribution is 8.78. The minimum Gasteiger partial charge on any atom is -0.340 e. The van der Waals surface area contributed by atoms with E-state index in [2.05, 4.69) is 16.8 Å². The highest BCUT2D eigenvalue weighted by Gasteiger charge is 2.16. The molecule has 0 aliphatic carbocycles. The number of amides is 1. The van der Waals surface area contributed by atoms with Crippen molar-refractivity contribution < 1.29 is 4.79 Å². The summed E-state index contributed by atoms with van der Waals surface area (Å²) in [5, 5.41) is 6.11. The second-order valence-corrected chi connectivity index (χ2v) is 6.85. The van der Waals surface area contributed by atoms with E-state index in [0.717, 1.165) is 39.0 Å². The molecule has 1 unspecified atom stereocenters. The zero-order valence-corrected chi connectivity index (χ0v) is 11.7. The third-order valence-electron chi connectivity index (χ3n) is 3.13. The molecule has 96 valence electrons. The standard InChI is InChI=1S/C12H20N2OS2/c15-12(14-8-6-13-7-9-14)4-2-1-3-11-5-10-16-17-11/h5,10-11,13H,1-4,6-9H2. The minimum atomic E-state index is 0.343. The molecule has 1 atom stereocenters. The first kappa shape index (κ1) is 13.3. The normalized spacial score (nSPS) is 24.2. The minimum absolute atomic E-state index is 0.343. The van der Waals surface area contributed by atoms with E-state index in [-0.39, 0.29) is 0 Å². The van der Waals surface area contributed by atoms with Crippen molar-refractivity contribution >= 4 is 27.5 Å². The van der Waals surface area contributed by atoms with E-state index >= 15 is 0 Å². The van der Waals surface area contributed by atoms with Crippen LogP contribution in [0, 0.1) is 0 Å². The first-order chi connectivity index (χ1) is 8.36. The molecule has 2 aliphatic heterocycles. The fourth-order valence-corrected chi connectivity index (χ4v) is 4.35. The number of rotatable bonds is 5. The molecule has 3 nitrogen and oxygen atoms in total. The van der Waals surface area contributed by atoms with Crippen molar-refractivity contribution in [1.82, 2.24) is 10.2 Å². The van der Waals surface area contributed by atoms with Crippen LogP contribution in [0.3, 0.4) is 0 Å². The number of hydrogen-bond donors (Lipinski definition) is 1. The van der Waals surface area contributed by atoms with Crippen molar-refractivity contribution in [2.75, 3.05) is 26.2 Å². The average Bonchev–Trinajstić information content (AvgIpc) is 2.88. The number of carbonyl (C=O) groups is 1. The third-order valence-corrected chi connectivity index (χ3v) is 5.55. The van der Waals surface area contributed by atoms with Crippen LogP contribution in [0.15, 0.2) is 11.5 Å². The zero-order valence-electron chi connectivity index (χ0n) is 10.1. The largest absolute Gasteiger partial charge is 0.340 e. The Labute approximate surface area is 111 Å². The number of unbranched alkanes of at least 4 members (excludes halogenated alkanes) is 1. The van der Waals surface area contributed by atoms with E-state index < -0.39 is 0 Å². The number of nitrogens with one attached hydrogen (secondary N) is 1. The van der Waals surface area contributed by atoms with Crippen LogP contribution in [0.2, 0.25) is 0 Å². The van der Waals surface area contributed by atoms with E-state index in [0.29, 0.717) is 11.2 Å². The van der Waals surface area contributed by atoms with Crippen molar-refractivity contribution in [2.24, 2.45) is 0 Å². The molecule has 5 heteroatoms. The van der Waals surface area contributed by atoms with Gasteiger partial charge in [0.1, 0.15) is 0 Å². The Hall–Kier alpha value is -0.130. The molecule has 1 fully saturated rings. The molecule has 2 heterocycles. The fraction of sp³-hybridized carbons (Fsp3) is 0.750. The summed E-state index contributed by atoms with van der Waals surface area (Å²) in [5.74, 6) is 0.343. The quantitative estimate of drug-likeness (QED) is 0.614. The maximum absolute atomic E-state index is 11.9. The van der Waals surface area contributed by atoms with Crippen LogP contribution in [0.25, 0.3) is 0 Å². The van der Waals surface area contributed by atoms with Gasteiger partial charge in [-0.2, -0.15) is 0 Å². The molecule has 0 aromatic carbocycles. The lowest BCUT2D eigenvalue weighted by Crippen LogP contribution is -2.46. The molecule has 1 N–H and O–H groups in total. The number of carbonyl (C=O) groups excluding carboxylic acids is 1. The summed E-state index contributed by atoms with van der Waals surface area (Å²) in [6, 6.07) is 0. The summed E-state index contributed by atoms with van der Waals surface area (Å²) in [5.41, 5.74) is 0. The monoisotopic (exact) mass is 272 g/mol. The third kappa shape index (κ3) is 4.56. The Kier molecular flexibility index (Phi) is 5.74.